The van der Waals surface area contributed by atoms with Gasteiger partial charge in [-0.15, -0.1) is 0 Å². The van der Waals surface area contributed by atoms with Crippen molar-refractivity contribution >= 4 is 46.2 Å². The maximum Gasteiger partial charge on any atom is 0.279 e. The molecule has 2 aliphatic heterocycles. The smallest absolute Gasteiger partial charge is 0.279 e. The summed E-state index contributed by atoms with van der Waals surface area (Å²) in [5, 5.41) is 5.50. The van der Waals surface area contributed by atoms with Gasteiger partial charge in [-0.2, -0.15) is 4.99 Å². The van der Waals surface area contributed by atoms with Gasteiger partial charge in [0.25, 0.3) is 5.91 Å². The summed E-state index contributed by atoms with van der Waals surface area (Å²) in [6, 6.07) is 9.05. The number of aromatic nitrogens is 1. The van der Waals surface area contributed by atoms with Crippen LogP contribution in [-0.4, -0.2) is 23.3 Å². The minimum Gasteiger partial charge on any atom is -0.438 e. The molecular weight excluding hydrogens is 449 g/mol. The number of carbonyl (C=O) groups excluding carboxylic acids is 1. The Kier molecular flexibility index (Phi) is 5.37. The van der Waals surface area contributed by atoms with Crippen molar-refractivity contribution in [2.24, 2.45) is 4.99 Å². The Morgan fingerprint density at radius 2 is 2.00 bits per heavy atom. The van der Waals surface area contributed by atoms with Crippen molar-refractivity contribution in [3.8, 4) is 11.3 Å². The lowest BCUT2D eigenvalue weighted by Gasteiger charge is -2.16. The van der Waals surface area contributed by atoms with Gasteiger partial charge in [0.15, 0.2) is 5.76 Å². The van der Waals surface area contributed by atoms with E-state index in [1.807, 2.05) is 32.1 Å². The van der Waals surface area contributed by atoms with Gasteiger partial charge in [0.2, 0.25) is 5.89 Å². The number of amidine groups is 1. The van der Waals surface area contributed by atoms with Crippen LogP contribution in [0, 0.1) is 6.92 Å². The summed E-state index contributed by atoms with van der Waals surface area (Å²) in [7, 11) is 0. The molecule has 0 bridgehead atoms. The molecule has 5 rings (SSSR count). The van der Waals surface area contributed by atoms with E-state index in [0.717, 1.165) is 22.4 Å². The number of benzene rings is 2. The summed E-state index contributed by atoms with van der Waals surface area (Å²) < 4.78 is 11.3. The molecule has 32 heavy (non-hydrogen) atoms. The number of aryl methyl sites for hydroxylation is 1. The summed E-state index contributed by atoms with van der Waals surface area (Å²) in [6.07, 6.45) is 3.57. The average Bonchev–Trinajstić information content (AvgIpc) is 3.35. The second-order valence-corrected chi connectivity index (χ2v) is 8.39. The van der Waals surface area contributed by atoms with E-state index in [1.165, 1.54) is 0 Å². The summed E-state index contributed by atoms with van der Waals surface area (Å²) >= 11 is 12.4. The minimum atomic E-state index is -0.371. The Hall–Kier alpha value is -2.93. The van der Waals surface area contributed by atoms with Crippen LogP contribution in [-0.2, 0) is 16.1 Å². The number of ether oxygens (including phenoxy) is 1. The van der Waals surface area contributed by atoms with E-state index in [2.05, 4.69) is 15.3 Å². The number of hydrogen-bond donors (Lipinski definition) is 0. The van der Waals surface area contributed by atoms with E-state index in [4.69, 9.17) is 32.4 Å². The summed E-state index contributed by atoms with van der Waals surface area (Å²) in [4.78, 5) is 21.3. The first-order valence-corrected chi connectivity index (χ1v) is 10.9. The zero-order chi connectivity index (χ0) is 22.4. The molecule has 1 unspecified atom stereocenters. The number of rotatable bonds is 5. The van der Waals surface area contributed by atoms with Gasteiger partial charge in [-0.05, 0) is 49.2 Å². The third kappa shape index (κ3) is 3.64. The monoisotopic (exact) mass is 466 g/mol. The maximum absolute atomic E-state index is 12.7. The fourth-order valence-corrected chi connectivity index (χ4v) is 4.43. The highest BCUT2D eigenvalue weighted by Gasteiger charge is 2.35. The topological polar surface area (TPSA) is 78.8 Å². The molecule has 2 aromatic carbocycles. The van der Waals surface area contributed by atoms with Crippen LogP contribution in [0.25, 0.3) is 16.9 Å². The Bertz CT molecular complexity index is 1310. The molecule has 1 amide bonds. The van der Waals surface area contributed by atoms with Crippen LogP contribution < -0.4 is 5.32 Å². The Labute approximate surface area is 194 Å². The lowest BCUT2D eigenvalue weighted by Crippen LogP contribution is -2.19. The average molecular weight is 467 g/mol. The molecule has 2 aliphatic rings. The normalized spacial score (nSPS) is 16.9. The van der Waals surface area contributed by atoms with E-state index in [-0.39, 0.29) is 11.8 Å². The van der Waals surface area contributed by atoms with Gasteiger partial charge in [-0.1, -0.05) is 35.3 Å². The van der Waals surface area contributed by atoms with Crippen molar-refractivity contribution in [2.45, 2.75) is 26.4 Å². The molecular formula is C24H18Cl2N3O3. The lowest BCUT2D eigenvalue weighted by atomic mass is 9.90. The van der Waals surface area contributed by atoms with Crippen molar-refractivity contribution in [1.82, 2.24) is 10.3 Å². The van der Waals surface area contributed by atoms with Crippen molar-refractivity contribution in [1.29, 1.82) is 0 Å². The SMILES string of the molecule is CCOCc1ncc(-c2cc3c(cc2C)[N]C2=NC(=O)C(c4ccc(Cl)cc4Cl)=CC23)o1. The van der Waals surface area contributed by atoms with Crippen LogP contribution in [0.2, 0.25) is 10.0 Å². The van der Waals surface area contributed by atoms with Gasteiger partial charge >= 0.3 is 0 Å². The van der Waals surface area contributed by atoms with Gasteiger partial charge in [-0.3, -0.25) is 4.79 Å². The Balaban J connectivity index is 1.55. The molecule has 161 valence electrons. The van der Waals surface area contributed by atoms with Gasteiger partial charge in [0.1, 0.15) is 12.4 Å². The van der Waals surface area contributed by atoms with Crippen molar-refractivity contribution < 1.29 is 13.9 Å². The fraction of sp³-hybridized carbons (Fsp3) is 0.208. The molecule has 0 saturated carbocycles. The maximum atomic E-state index is 12.7. The molecule has 0 fully saturated rings. The van der Waals surface area contributed by atoms with Crippen LogP contribution in [0.5, 0.6) is 0 Å². The van der Waals surface area contributed by atoms with E-state index < -0.39 is 0 Å². The fourth-order valence-electron chi connectivity index (χ4n) is 3.92. The van der Waals surface area contributed by atoms with Crippen molar-refractivity contribution in [2.75, 3.05) is 6.61 Å². The largest absolute Gasteiger partial charge is 0.438 e. The number of carbonyl (C=O) groups is 1. The molecule has 1 radical (unpaired) electrons. The number of nitrogens with zero attached hydrogens (tertiary/aromatic N) is 3. The molecule has 3 heterocycles. The van der Waals surface area contributed by atoms with E-state index >= 15 is 0 Å². The second-order valence-electron chi connectivity index (χ2n) is 7.55. The number of amides is 1. The third-order valence-electron chi connectivity index (χ3n) is 5.47. The molecule has 0 N–H and O–H groups in total. The van der Waals surface area contributed by atoms with E-state index in [0.29, 0.717) is 51.9 Å². The lowest BCUT2D eigenvalue weighted by molar-refractivity contribution is -0.112. The highest BCUT2D eigenvalue weighted by atomic mass is 35.5. The van der Waals surface area contributed by atoms with Gasteiger partial charge in [-0.25, -0.2) is 10.3 Å². The van der Waals surface area contributed by atoms with Crippen LogP contribution in [0.1, 0.15) is 35.4 Å². The molecule has 3 aromatic rings. The molecule has 1 atom stereocenters. The summed E-state index contributed by atoms with van der Waals surface area (Å²) in [5.74, 6) is 1.03. The molecule has 0 aliphatic carbocycles. The van der Waals surface area contributed by atoms with Gasteiger partial charge in [0.05, 0.1) is 22.8 Å². The molecule has 6 nitrogen and oxygen atoms in total. The van der Waals surface area contributed by atoms with Gasteiger partial charge < -0.3 is 9.15 Å². The number of halogens is 2. The molecule has 0 spiro atoms. The first-order chi connectivity index (χ1) is 15.4. The predicted octanol–water partition coefficient (Wildman–Crippen LogP) is 5.85. The first kappa shape index (κ1) is 20.9. The number of aliphatic imine (C=N–C) groups is 1. The summed E-state index contributed by atoms with van der Waals surface area (Å²) in [6.45, 7) is 4.82. The predicted molar refractivity (Wildman–Crippen MR) is 123 cm³/mol. The standard InChI is InChI=1S/C24H18Cl2N3O3/c1-3-31-11-22-27-10-21(32-22)15-8-16-17-9-18(14-5-4-13(25)7-19(14)26)24(30)29-23(17)28-20(16)6-12(15)2/h4-10,17H,3,11H2,1-2H3. The zero-order valence-corrected chi connectivity index (χ0v) is 18.9. The van der Waals surface area contributed by atoms with Crippen LogP contribution in [0.4, 0.5) is 5.69 Å². The van der Waals surface area contributed by atoms with Gasteiger partial charge in [0, 0.05) is 28.3 Å². The minimum absolute atomic E-state index is 0.255. The Morgan fingerprint density at radius 3 is 2.78 bits per heavy atom. The third-order valence-corrected chi connectivity index (χ3v) is 6.02. The second kappa shape index (κ2) is 8.20. The Morgan fingerprint density at radius 1 is 1.16 bits per heavy atom. The van der Waals surface area contributed by atoms with Crippen LogP contribution in [0.3, 0.4) is 0 Å². The van der Waals surface area contributed by atoms with Crippen molar-refractivity contribution in [3.05, 3.63) is 75.2 Å². The quantitative estimate of drug-likeness (QED) is 0.472. The number of oxazole rings is 1. The summed E-state index contributed by atoms with van der Waals surface area (Å²) in [5.41, 5.74) is 4.66. The molecule has 1 aromatic heterocycles. The number of fused-ring (bicyclic) bond motifs is 3. The van der Waals surface area contributed by atoms with Crippen LogP contribution >= 0.6 is 23.2 Å². The van der Waals surface area contributed by atoms with E-state index in [9.17, 15) is 4.79 Å². The highest BCUT2D eigenvalue weighted by Crippen LogP contribution is 2.43. The first-order valence-electron chi connectivity index (χ1n) is 10.1. The molecule has 8 heteroatoms. The zero-order valence-electron chi connectivity index (χ0n) is 17.4. The number of dihydropyridines is 1. The highest BCUT2D eigenvalue weighted by molar-refractivity contribution is 6.38. The van der Waals surface area contributed by atoms with Crippen molar-refractivity contribution in [3.63, 3.8) is 0 Å². The van der Waals surface area contributed by atoms with Crippen LogP contribution in [0.15, 0.2) is 52.0 Å². The number of hydrogen-bond acceptors (Lipinski definition) is 4. The molecule has 0 saturated heterocycles. The van der Waals surface area contributed by atoms with E-state index in [1.54, 1.807) is 24.4 Å².